The molecule has 0 rings (SSSR count). The molecule has 0 aliphatic heterocycles. The largest absolute Gasteiger partial charge is 0.481 e. The Hall–Kier alpha value is -0.650. The summed E-state index contributed by atoms with van der Waals surface area (Å²) in [5.41, 5.74) is 0. The van der Waals surface area contributed by atoms with E-state index >= 15 is 0 Å². The summed E-state index contributed by atoms with van der Waals surface area (Å²) in [6, 6.07) is 0. The zero-order valence-electron chi connectivity index (χ0n) is 28.0. The molecule has 0 unspecified atom stereocenters. The van der Waals surface area contributed by atoms with Gasteiger partial charge in [0.2, 0.25) is 0 Å². The highest BCUT2D eigenvalue weighted by atomic mass is 16.4. The molecule has 0 aromatic carbocycles. The van der Waals surface area contributed by atoms with Gasteiger partial charge in [0.1, 0.15) is 0 Å². The van der Waals surface area contributed by atoms with Crippen LogP contribution in [0.3, 0.4) is 0 Å². The van der Waals surface area contributed by atoms with Gasteiger partial charge in [0, 0.05) is 19.5 Å². The summed E-state index contributed by atoms with van der Waals surface area (Å²) in [4.78, 5) is 12.4. The third-order valence-corrected chi connectivity index (χ3v) is 8.15. The Bertz CT molecular complexity index is 468. The molecule has 0 saturated heterocycles. The number of carboxylic acids is 1. The minimum Gasteiger partial charge on any atom is -0.481 e. The van der Waals surface area contributed by atoms with E-state index < -0.39 is 5.97 Å². The van der Waals surface area contributed by atoms with Gasteiger partial charge in [0.25, 0.3) is 0 Å². The molecule has 0 bridgehead atoms. The number of unbranched alkanes of at least 4 members (excludes halogenated alkanes) is 25. The number of hydrogen-bond donors (Lipinski definition) is 3. The van der Waals surface area contributed by atoms with E-state index in [-0.39, 0.29) is 13.2 Å². The molecular formula is C36H75NO4. The molecule has 0 aromatic heterocycles. The molecule has 0 aromatic rings. The van der Waals surface area contributed by atoms with Crippen molar-refractivity contribution < 1.29 is 20.1 Å². The van der Waals surface area contributed by atoms with Crippen LogP contribution in [-0.4, -0.2) is 59.0 Å². The van der Waals surface area contributed by atoms with Gasteiger partial charge in [-0.05, 0) is 19.4 Å². The number of aliphatic carboxylic acids is 1. The predicted molar refractivity (Wildman–Crippen MR) is 179 cm³/mol. The maximum Gasteiger partial charge on any atom is 0.303 e. The lowest BCUT2D eigenvalue weighted by Crippen LogP contribution is -2.30. The molecule has 0 aliphatic rings. The van der Waals surface area contributed by atoms with Crippen molar-refractivity contribution in [2.24, 2.45) is 0 Å². The van der Waals surface area contributed by atoms with E-state index in [1.807, 2.05) is 0 Å². The normalized spacial score (nSPS) is 11.1. The second-order valence-electron chi connectivity index (χ2n) is 12.3. The Labute approximate surface area is 257 Å². The molecule has 0 atom stereocenters. The first-order valence-corrected chi connectivity index (χ1v) is 18.3. The Morgan fingerprint density at radius 3 is 0.951 bits per heavy atom. The summed E-state index contributed by atoms with van der Waals surface area (Å²) >= 11 is 0. The molecule has 0 amide bonds. The van der Waals surface area contributed by atoms with Crippen molar-refractivity contribution in [1.82, 2.24) is 4.90 Å². The maximum absolute atomic E-state index is 10.2. The molecule has 0 spiro atoms. The molecule has 5 nitrogen and oxygen atoms in total. The van der Waals surface area contributed by atoms with Crippen molar-refractivity contribution in [3.8, 4) is 0 Å². The van der Waals surface area contributed by atoms with Gasteiger partial charge in [0.15, 0.2) is 0 Å². The molecule has 0 radical (unpaired) electrons. The minimum absolute atomic E-state index is 0.193. The van der Waals surface area contributed by atoms with Crippen LogP contribution in [0.25, 0.3) is 0 Å². The Kier molecular flexibility index (Phi) is 40.8. The van der Waals surface area contributed by atoms with Gasteiger partial charge in [0.05, 0.1) is 13.2 Å². The summed E-state index contributed by atoms with van der Waals surface area (Å²) in [5, 5.41) is 26.4. The average molecular weight is 586 g/mol. The standard InChI is InChI=1S/C24H51NO2.C12H24O2/c1-2-3-4-5-6-7-8-9-10-11-12-13-14-15-16-17-18-19-20-25(21-23-26)22-24-27;1-2-3-4-5-6-7-8-9-10-11-12(13)14/h26-27H,2-24H2,1H3;2-11H2,1H3,(H,13,14). The smallest absolute Gasteiger partial charge is 0.303 e. The number of carboxylic acid groups (broad SMARTS) is 1. The third kappa shape index (κ3) is 41.5. The SMILES string of the molecule is CCCCCCCCCCCC(=O)O.CCCCCCCCCCCCCCCCCCCCN(CCO)CCO. The molecule has 5 heteroatoms. The molecular weight excluding hydrogens is 510 g/mol. The number of aliphatic hydroxyl groups excluding tert-OH is 2. The molecule has 3 N–H and O–H groups in total. The van der Waals surface area contributed by atoms with Crippen LogP contribution in [0.4, 0.5) is 0 Å². The quantitative estimate of drug-likeness (QED) is 0.0668. The first-order chi connectivity index (χ1) is 20.1. The lowest BCUT2D eigenvalue weighted by Gasteiger charge is -2.19. The van der Waals surface area contributed by atoms with Gasteiger partial charge in [-0.1, -0.05) is 174 Å². The van der Waals surface area contributed by atoms with Crippen molar-refractivity contribution in [2.75, 3.05) is 32.8 Å². The molecule has 0 saturated carbocycles. The fraction of sp³-hybridized carbons (Fsp3) is 0.972. The van der Waals surface area contributed by atoms with Gasteiger partial charge in [-0.2, -0.15) is 0 Å². The van der Waals surface area contributed by atoms with Crippen molar-refractivity contribution in [3.63, 3.8) is 0 Å². The van der Waals surface area contributed by atoms with Crippen molar-refractivity contribution >= 4 is 5.97 Å². The van der Waals surface area contributed by atoms with Crippen LogP contribution in [0.15, 0.2) is 0 Å². The lowest BCUT2D eigenvalue weighted by atomic mass is 10.0. The zero-order valence-corrected chi connectivity index (χ0v) is 28.0. The zero-order chi connectivity index (χ0) is 30.5. The molecule has 41 heavy (non-hydrogen) atoms. The Morgan fingerprint density at radius 2 is 0.683 bits per heavy atom. The molecule has 0 aliphatic carbocycles. The number of nitrogens with zero attached hydrogens (tertiary/aromatic N) is 1. The first-order valence-electron chi connectivity index (χ1n) is 18.3. The maximum atomic E-state index is 10.2. The number of carbonyl (C=O) groups is 1. The average Bonchev–Trinajstić information content (AvgIpc) is 2.96. The van der Waals surface area contributed by atoms with Crippen LogP contribution >= 0.6 is 0 Å². The van der Waals surface area contributed by atoms with Crippen LogP contribution in [0, 0.1) is 0 Å². The van der Waals surface area contributed by atoms with Crippen molar-refractivity contribution in [1.29, 1.82) is 0 Å². The second kappa shape index (κ2) is 39.4. The molecule has 0 heterocycles. The first kappa shape index (κ1) is 42.5. The summed E-state index contributed by atoms with van der Waals surface area (Å²) < 4.78 is 0. The molecule has 248 valence electrons. The highest BCUT2D eigenvalue weighted by molar-refractivity contribution is 5.66. The van der Waals surface area contributed by atoms with Crippen LogP contribution in [0.1, 0.15) is 194 Å². The van der Waals surface area contributed by atoms with Gasteiger partial charge in [-0.3, -0.25) is 9.69 Å². The van der Waals surface area contributed by atoms with Gasteiger partial charge < -0.3 is 15.3 Å². The molecule has 0 fully saturated rings. The fourth-order valence-corrected chi connectivity index (χ4v) is 5.44. The van der Waals surface area contributed by atoms with Gasteiger partial charge in [-0.25, -0.2) is 0 Å². The van der Waals surface area contributed by atoms with E-state index in [9.17, 15) is 4.79 Å². The number of aliphatic hydroxyl groups is 2. The number of rotatable bonds is 33. The van der Waals surface area contributed by atoms with Crippen LogP contribution in [0.2, 0.25) is 0 Å². The van der Waals surface area contributed by atoms with E-state index in [1.165, 1.54) is 161 Å². The van der Waals surface area contributed by atoms with Crippen LogP contribution < -0.4 is 0 Å². The van der Waals surface area contributed by atoms with Crippen molar-refractivity contribution in [2.45, 2.75) is 194 Å². The second-order valence-corrected chi connectivity index (χ2v) is 12.3. The Balaban J connectivity index is 0. The van der Waals surface area contributed by atoms with Crippen LogP contribution in [-0.2, 0) is 4.79 Å². The number of hydrogen-bond acceptors (Lipinski definition) is 4. The summed E-state index contributed by atoms with van der Waals surface area (Å²) in [6.07, 6.45) is 36.8. The monoisotopic (exact) mass is 586 g/mol. The predicted octanol–water partition coefficient (Wildman–Crippen LogP) is 10.3. The Morgan fingerprint density at radius 1 is 0.415 bits per heavy atom. The van der Waals surface area contributed by atoms with Gasteiger partial charge in [-0.15, -0.1) is 0 Å². The van der Waals surface area contributed by atoms with Gasteiger partial charge >= 0.3 is 5.97 Å². The van der Waals surface area contributed by atoms with Crippen LogP contribution in [0.5, 0.6) is 0 Å². The summed E-state index contributed by atoms with van der Waals surface area (Å²) in [7, 11) is 0. The fourth-order valence-electron chi connectivity index (χ4n) is 5.44. The highest BCUT2D eigenvalue weighted by Gasteiger charge is 2.02. The van der Waals surface area contributed by atoms with Crippen molar-refractivity contribution in [3.05, 3.63) is 0 Å². The van der Waals surface area contributed by atoms with E-state index in [2.05, 4.69) is 18.7 Å². The van der Waals surface area contributed by atoms with E-state index in [0.717, 1.165) is 19.4 Å². The summed E-state index contributed by atoms with van der Waals surface area (Å²) in [5.74, 6) is -0.659. The topological polar surface area (TPSA) is 81.0 Å². The van der Waals surface area contributed by atoms with E-state index in [4.69, 9.17) is 15.3 Å². The third-order valence-electron chi connectivity index (χ3n) is 8.15. The lowest BCUT2D eigenvalue weighted by molar-refractivity contribution is -0.137. The van der Waals surface area contributed by atoms with E-state index in [0.29, 0.717) is 19.5 Å². The summed E-state index contributed by atoms with van der Waals surface area (Å²) in [6.45, 7) is 7.30. The highest BCUT2D eigenvalue weighted by Crippen LogP contribution is 2.14. The van der Waals surface area contributed by atoms with E-state index in [1.54, 1.807) is 0 Å². The minimum atomic E-state index is -0.659.